The van der Waals surface area contributed by atoms with Gasteiger partial charge in [-0.3, -0.25) is 0 Å². The van der Waals surface area contributed by atoms with E-state index in [0.717, 1.165) is 134 Å². The summed E-state index contributed by atoms with van der Waals surface area (Å²) in [5, 5.41) is 38.9. The molecule has 502 valence electrons. The van der Waals surface area contributed by atoms with E-state index in [0.29, 0.717) is 13.2 Å². The van der Waals surface area contributed by atoms with E-state index in [1.165, 1.54) is 34.4 Å². The van der Waals surface area contributed by atoms with Crippen LogP contribution in [0.5, 0.6) is 5.75 Å². The second kappa shape index (κ2) is 31.6. The Hall–Kier alpha value is -5.80. The van der Waals surface area contributed by atoms with Crippen LogP contribution in [0.2, 0.25) is 0 Å². The molecule has 9 rings (SSSR count). The van der Waals surface area contributed by atoms with Gasteiger partial charge in [0.25, 0.3) is 0 Å². The number of aliphatic carboxylic acids is 4. The van der Waals surface area contributed by atoms with E-state index in [-0.39, 0.29) is 0 Å². The fourth-order valence-electron chi connectivity index (χ4n) is 11.9. The number of hydrogen-bond donors (Lipinski definition) is 4. The molecule has 14 nitrogen and oxygen atoms in total. The maximum Gasteiger partial charge on any atom is 0.337 e. The third-order valence-electron chi connectivity index (χ3n) is 15.2. The van der Waals surface area contributed by atoms with Crippen molar-refractivity contribution >= 4 is 80.4 Å². The number of carboxylic acid groups (broad SMARTS) is 4. The highest BCUT2D eigenvalue weighted by Crippen LogP contribution is 2.47. The molecule has 0 spiro atoms. The van der Waals surface area contributed by atoms with E-state index in [9.17, 15) is 39.6 Å². The molecule has 4 unspecified atom stereocenters. The third-order valence-corrected chi connectivity index (χ3v) is 19.4. The number of rotatable bonds is 16. The fourth-order valence-corrected chi connectivity index (χ4v) is 16.3. The van der Waals surface area contributed by atoms with Gasteiger partial charge in [0.1, 0.15) is 5.75 Å². The standard InChI is InChI=1S/C21H26O4S.C18H26O3S.C18H22O3S.C17H24O4S/c1-12-17(15-8-9-16-14(11-15)7-6-10-24-16)18(13(2)26-12)19(20(22)23)25-21(3,4)5;2*1-11-14(13-9-7-6-8-10-13)15(12(2)22-11)16(17(19)20)21-18(3,4)5;1-10-13(12-6-8-20-9-7-12)14(11(2)22-10)15(16(18)19)21-17(3,4)5/h8-9,11,19H,6-7,10H2,1-5H3,(H,22,23);9,16H,6-8,10H2,1-5H3,(H,19,20);6-10,16H,1-5H3,(H,19,20);6,15H,7-9H2,1-5H3,(H,18,19). The van der Waals surface area contributed by atoms with Gasteiger partial charge in [0.2, 0.25) is 0 Å². The van der Waals surface area contributed by atoms with Crippen LogP contribution in [0.25, 0.3) is 33.4 Å². The van der Waals surface area contributed by atoms with Gasteiger partial charge in [0, 0.05) is 72.4 Å². The Labute approximate surface area is 561 Å². The lowest BCUT2D eigenvalue weighted by Gasteiger charge is -2.27. The minimum atomic E-state index is -0.984. The molecule has 18 heteroatoms. The largest absolute Gasteiger partial charge is 0.493 e. The zero-order chi connectivity index (χ0) is 68.5. The number of thiophene rings is 4. The normalized spacial score (nSPS) is 15.7. The molecular formula is C74H98O14S4. The van der Waals surface area contributed by atoms with Crippen molar-refractivity contribution in [1.82, 2.24) is 0 Å². The van der Waals surface area contributed by atoms with Gasteiger partial charge in [-0.25, -0.2) is 19.2 Å². The van der Waals surface area contributed by atoms with Crippen molar-refractivity contribution in [2.75, 3.05) is 19.8 Å². The smallest absolute Gasteiger partial charge is 0.337 e. The van der Waals surface area contributed by atoms with Crippen molar-refractivity contribution in [2.24, 2.45) is 0 Å². The van der Waals surface area contributed by atoms with E-state index in [4.69, 9.17) is 28.4 Å². The molecule has 2 aromatic carbocycles. The molecule has 0 radical (unpaired) electrons. The zero-order valence-electron chi connectivity index (χ0n) is 57.7. The van der Waals surface area contributed by atoms with Gasteiger partial charge in [-0.15, -0.1) is 45.3 Å². The number of benzene rings is 2. The second-order valence-corrected chi connectivity index (χ2v) is 33.2. The fraction of sp³-hybridized carbons (Fsp3) is 0.514. The molecule has 6 aromatic rings. The molecule has 2 aliphatic heterocycles. The summed E-state index contributed by atoms with van der Waals surface area (Å²) >= 11 is 6.56. The molecule has 4 aromatic heterocycles. The number of hydrogen-bond acceptors (Lipinski definition) is 14. The lowest BCUT2D eigenvalue weighted by molar-refractivity contribution is -0.161. The summed E-state index contributed by atoms with van der Waals surface area (Å²) in [5.41, 5.74) is 11.0. The van der Waals surface area contributed by atoms with Crippen LogP contribution in [-0.2, 0) is 49.3 Å². The quantitative estimate of drug-likeness (QED) is 0.0712. The molecule has 0 saturated carbocycles. The Balaban J connectivity index is 0.000000195. The van der Waals surface area contributed by atoms with Crippen LogP contribution >= 0.6 is 45.3 Å². The van der Waals surface area contributed by atoms with Crippen LogP contribution in [0.3, 0.4) is 0 Å². The average Bonchev–Trinajstić information content (AvgIpc) is 1.67. The first-order valence-corrected chi connectivity index (χ1v) is 34.9. The minimum Gasteiger partial charge on any atom is -0.493 e. The molecule has 1 aliphatic carbocycles. The number of ether oxygens (including phenoxy) is 6. The summed E-state index contributed by atoms with van der Waals surface area (Å²) in [6.07, 6.45) is 7.87. The van der Waals surface area contributed by atoms with Crippen LogP contribution in [0.1, 0.15) is 224 Å². The molecule has 6 heterocycles. The van der Waals surface area contributed by atoms with Crippen LogP contribution in [0.15, 0.2) is 60.7 Å². The highest BCUT2D eigenvalue weighted by atomic mass is 32.1. The SMILES string of the molecule is Cc1sc(C)c(C(OC(C)(C)C)C(=O)O)c1-c1ccc2c(c1)CCCO2.Cc1sc(C)c(C(OC(C)(C)C)C(=O)O)c1-c1ccccc1.Cc1sc(C)c(C(OC(C)(C)C)C(=O)O)c1C1=CCCCC1.Cc1sc(C)c(C(OC(C)(C)C)C(=O)O)c1C1=CCOCC1. The second-order valence-electron chi connectivity index (χ2n) is 27.5. The molecule has 3 aliphatic rings. The Morgan fingerprint density at radius 3 is 1.16 bits per heavy atom. The van der Waals surface area contributed by atoms with Crippen molar-refractivity contribution in [3.05, 3.63) is 139 Å². The zero-order valence-corrected chi connectivity index (χ0v) is 60.9. The van der Waals surface area contributed by atoms with E-state index in [2.05, 4.69) is 25.1 Å². The highest BCUT2D eigenvalue weighted by Gasteiger charge is 2.37. The van der Waals surface area contributed by atoms with E-state index < -0.39 is 70.7 Å². The van der Waals surface area contributed by atoms with Gasteiger partial charge in [0.15, 0.2) is 24.4 Å². The molecule has 92 heavy (non-hydrogen) atoms. The van der Waals surface area contributed by atoms with E-state index in [1.807, 2.05) is 174 Å². The average molecular weight is 1340 g/mol. The van der Waals surface area contributed by atoms with Gasteiger partial charge in [0.05, 0.1) is 42.2 Å². The van der Waals surface area contributed by atoms with Gasteiger partial charge < -0.3 is 48.8 Å². The lowest BCUT2D eigenvalue weighted by Crippen LogP contribution is -2.28. The van der Waals surface area contributed by atoms with E-state index in [1.54, 1.807) is 45.3 Å². The number of carboxylic acids is 4. The number of carbonyl (C=O) groups is 4. The molecule has 4 N–H and O–H groups in total. The maximum absolute atomic E-state index is 12.0. The Morgan fingerprint density at radius 1 is 0.424 bits per heavy atom. The predicted molar refractivity (Wildman–Crippen MR) is 375 cm³/mol. The monoisotopic (exact) mass is 1340 g/mol. The van der Waals surface area contributed by atoms with Crippen molar-refractivity contribution in [2.45, 2.75) is 230 Å². The molecule has 0 bridgehead atoms. The Morgan fingerprint density at radius 2 is 0.804 bits per heavy atom. The summed E-state index contributed by atoms with van der Waals surface area (Å²) in [6, 6.07) is 16.1. The topological polar surface area (TPSA) is 205 Å². The molecule has 4 atom stereocenters. The van der Waals surface area contributed by atoms with Crippen molar-refractivity contribution in [3.63, 3.8) is 0 Å². The van der Waals surface area contributed by atoms with Gasteiger partial charge in [-0.2, -0.15) is 0 Å². The lowest BCUT2D eigenvalue weighted by atomic mass is 9.89. The summed E-state index contributed by atoms with van der Waals surface area (Å²) < 4.78 is 34.6. The molecule has 0 amide bonds. The molecule has 0 fully saturated rings. The van der Waals surface area contributed by atoms with Gasteiger partial charge >= 0.3 is 23.9 Å². The highest BCUT2D eigenvalue weighted by molar-refractivity contribution is 7.13. The Kier molecular flexibility index (Phi) is 25.9. The third kappa shape index (κ3) is 20.1. The molecule has 0 saturated heterocycles. The maximum atomic E-state index is 12.0. The summed E-state index contributed by atoms with van der Waals surface area (Å²) in [7, 11) is 0. The van der Waals surface area contributed by atoms with Crippen molar-refractivity contribution < 1.29 is 68.0 Å². The first-order chi connectivity index (χ1) is 42.8. The summed E-state index contributed by atoms with van der Waals surface area (Å²) in [6.45, 7) is 40.7. The number of fused-ring (bicyclic) bond motifs is 1. The summed E-state index contributed by atoms with van der Waals surface area (Å²) in [4.78, 5) is 56.1. The first-order valence-electron chi connectivity index (χ1n) is 31.6. The minimum absolute atomic E-state index is 0.496. The predicted octanol–water partition coefficient (Wildman–Crippen LogP) is 19.6. The van der Waals surface area contributed by atoms with Crippen LogP contribution < -0.4 is 4.74 Å². The van der Waals surface area contributed by atoms with Crippen molar-refractivity contribution in [3.8, 4) is 28.0 Å². The Bertz CT molecular complexity index is 3510. The van der Waals surface area contributed by atoms with Crippen LogP contribution in [-0.4, -0.2) is 86.5 Å². The number of aryl methyl sites for hydroxylation is 9. The van der Waals surface area contributed by atoms with E-state index >= 15 is 0 Å². The first kappa shape index (κ1) is 75.2. The summed E-state index contributed by atoms with van der Waals surface area (Å²) in [5.74, 6) is -2.82. The molecular weight excluding hydrogens is 1240 g/mol. The van der Waals surface area contributed by atoms with Crippen LogP contribution in [0.4, 0.5) is 0 Å². The van der Waals surface area contributed by atoms with Gasteiger partial charge in [-0.1, -0.05) is 48.6 Å². The number of allylic oxidation sites excluding steroid dienone is 2. The van der Waals surface area contributed by atoms with Gasteiger partial charge in [-0.05, 0) is 235 Å². The van der Waals surface area contributed by atoms with Crippen molar-refractivity contribution in [1.29, 1.82) is 0 Å². The van der Waals surface area contributed by atoms with Crippen LogP contribution in [0, 0.1) is 55.4 Å².